The molecule has 5 nitrogen and oxygen atoms in total. The van der Waals surface area contributed by atoms with Crippen LogP contribution in [-0.4, -0.2) is 39.8 Å². The molecule has 1 heterocycles. The summed E-state index contributed by atoms with van der Waals surface area (Å²) in [7, 11) is 3.19. The van der Waals surface area contributed by atoms with Gasteiger partial charge in [-0.25, -0.2) is 0 Å². The molecule has 0 bridgehead atoms. The largest absolute Gasteiger partial charge is 0.493 e. The van der Waals surface area contributed by atoms with Crippen LogP contribution in [0.5, 0.6) is 11.5 Å². The summed E-state index contributed by atoms with van der Waals surface area (Å²) in [4.78, 5) is 11.9. The van der Waals surface area contributed by atoms with Gasteiger partial charge in [0.1, 0.15) is 0 Å². The molecule has 2 N–H and O–H groups in total. The first-order valence-electron chi connectivity index (χ1n) is 7.41. The Morgan fingerprint density at radius 1 is 1.33 bits per heavy atom. The van der Waals surface area contributed by atoms with Gasteiger partial charge in [-0.2, -0.15) is 0 Å². The molecule has 0 aliphatic carbocycles. The van der Waals surface area contributed by atoms with Gasteiger partial charge in [0.2, 0.25) is 5.91 Å². The fourth-order valence-corrected chi connectivity index (χ4v) is 2.62. The monoisotopic (exact) mass is 292 g/mol. The summed E-state index contributed by atoms with van der Waals surface area (Å²) in [5.74, 6) is 2.08. The smallest absolute Gasteiger partial charge is 0.224 e. The molecule has 5 heteroatoms. The Hall–Kier alpha value is -1.75. The average molecular weight is 292 g/mol. The minimum atomic E-state index is 0.0492. The Balaban J connectivity index is 1.78. The number of hydrogen-bond donors (Lipinski definition) is 2. The third-order valence-electron chi connectivity index (χ3n) is 3.85. The minimum absolute atomic E-state index is 0.0492. The molecule has 1 amide bonds. The van der Waals surface area contributed by atoms with Gasteiger partial charge in [-0.15, -0.1) is 0 Å². The SMILES string of the molecule is COc1ccc(CC(=O)NCCC2CCNC2)cc1OC. The van der Waals surface area contributed by atoms with Gasteiger partial charge in [-0.3, -0.25) is 4.79 Å². The lowest BCUT2D eigenvalue weighted by molar-refractivity contribution is -0.120. The summed E-state index contributed by atoms with van der Waals surface area (Å²) >= 11 is 0. The molecular weight excluding hydrogens is 268 g/mol. The maximum absolute atomic E-state index is 11.9. The van der Waals surface area contributed by atoms with E-state index in [4.69, 9.17) is 9.47 Å². The molecule has 1 saturated heterocycles. The maximum Gasteiger partial charge on any atom is 0.224 e. The van der Waals surface area contributed by atoms with Crippen molar-refractivity contribution in [1.82, 2.24) is 10.6 Å². The van der Waals surface area contributed by atoms with Crippen LogP contribution in [0.1, 0.15) is 18.4 Å². The fourth-order valence-electron chi connectivity index (χ4n) is 2.62. The van der Waals surface area contributed by atoms with E-state index in [1.165, 1.54) is 6.42 Å². The number of nitrogens with one attached hydrogen (secondary N) is 2. The van der Waals surface area contributed by atoms with Gasteiger partial charge in [-0.05, 0) is 49.5 Å². The van der Waals surface area contributed by atoms with E-state index in [2.05, 4.69) is 10.6 Å². The zero-order valence-electron chi connectivity index (χ0n) is 12.8. The first kappa shape index (κ1) is 15.6. The quantitative estimate of drug-likeness (QED) is 0.797. The number of methoxy groups -OCH3 is 2. The van der Waals surface area contributed by atoms with Crippen molar-refractivity contribution in [3.05, 3.63) is 23.8 Å². The summed E-state index contributed by atoms with van der Waals surface area (Å²) in [5.41, 5.74) is 0.924. The van der Waals surface area contributed by atoms with Crippen molar-refractivity contribution < 1.29 is 14.3 Å². The van der Waals surface area contributed by atoms with E-state index < -0.39 is 0 Å². The topological polar surface area (TPSA) is 59.6 Å². The molecule has 0 spiro atoms. The second-order valence-corrected chi connectivity index (χ2v) is 5.36. The average Bonchev–Trinajstić information content (AvgIpc) is 3.00. The highest BCUT2D eigenvalue weighted by atomic mass is 16.5. The maximum atomic E-state index is 11.9. The van der Waals surface area contributed by atoms with E-state index in [9.17, 15) is 4.79 Å². The number of carbonyl (C=O) groups excluding carboxylic acids is 1. The van der Waals surface area contributed by atoms with Crippen LogP contribution in [0.3, 0.4) is 0 Å². The van der Waals surface area contributed by atoms with Crippen LogP contribution < -0.4 is 20.1 Å². The number of amides is 1. The van der Waals surface area contributed by atoms with Crippen molar-refractivity contribution in [3.8, 4) is 11.5 Å². The van der Waals surface area contributed by atoms with Crippen molar-refractivity contribution in [2.24, 2.45) is 5.92 Å². The van der Waals surface area contributed by atoms with E-state index in [0.29, 0.717) is 23.8 Å². The molecule has 1 atom stereocenters. The van der Waals surface area contributed by atoms with Crippen molar-refractivity contribution in [3.63, 3.8) is 0 Å². The zero-order chi connectivity index (χ0) is 15.1. The van der Waals surface area contributed by atoms with Gasteiger partial charge in [0.05, 0.1) is 20.6 Å². The van der Waals surface area contributed by atoms with Gasteiger partial charge in [-0.1, -0.05) is 6.07 Å². The van der Waals surface area contributed by atoms with Gasteiger partial charge in [0, 0.05) is 6.54 Å². The van der Waals surface area contributed by atoms with Crippen molar-refractivity contribution in [2.45, 2.75) is 19.3 Å². The van der Waals surface area contributed by atoms with Gasteiger partial charge in [0.25, 0.3) is 0 Å². The predicted molar refractivity (Wildman–Crippen MR) is 81.9 cm³/mol. The highest BCUT2D eigenvalue weighted by Crippen LogP contribution is 2.27. The Kier molecular flexibility index (Phi) is 5.87. The first-order chi connectivity index (χ1) is 10.2. The summed E-state index contributed by atoms with van der Waals surface area (Å²) in [5, 5.41) is 6.32. The van der Waals surface area contributed by atoms with Crippen LogP contribution in [0, 0.1) is 5.92 Å². The molecule has 1 aliphatic heterocycles. The van der Waals surface area contributed by atoms with Crippen molar-refractivity contribution >= 4 is 5.91 Å². The first-order valence-corrected chi connectivity index (χ1v) is 7.41. The van der Waals surface area contributed by atoms with Crippen molar-refractivity contribution in [1.29, 1.82) is 0 Å². The zero-order valence-corrected chi connectivity index (χ0v) is 12.8. The molecule has 116 valence electrons. The fraction of sp³-hybridized carbons (Fsp3) is 0.562. The van der Waals surface area contributed by atoms with Crippen LogP contribution in [-0.2, 0) is 11.2 Å². The normalized spacial score (nSPS) is 17.5. The molecule has 2 rings (SSSR count). The number of carbonyl (C=O) groups is 1. The summed E-state index contributed by atoms with van der Waals surface area (Å²) < 4.78 is 10.4. The molecule has 0 aromatic heterocycles. The second kappa shape index (κ2) is 7.88. The van der Waals surface area contributed by atoms with E-state index >= 15 is 0 Å². The Morgan fingerprint density at radius 3 is 2.81 bits per heavy atom. The molecule has 1 fully saturated rings. The molecule has 21 heavy (non-hydrogen) atoms. The Morgan fingerprint density at radius 2 is 2.14 bits per heavy atom. The highest BCUT2D eigenvalue weighted by molar-refractivity contribution is 5.78. The number of ether oxygens (including phenoxy) is 2. The second-order valence-electron chi connectivity index (χ2n) is 5.36. The number of rotatable bonds is 7. The highest BCUT2D eigenvalue weighted by Gasteiger charge is 2.14. The lowest BCUT2D eigenvalue weighted by Crippen LogP contribution is -2.27. The summed E-state index contributed by atoms with van der Waals surface area (Å²) in [6.07, 6.45) is 2.62. The molecule has 1 unspecified atom stereocenters. The lowest BCUT2D eigenvalue weighted by atomic mass is 10.1. The van der Waals surface area contributed by atoms with Crippen LogP contribution in [0.4, 0.5) is 0 Å². The van der Waals surface area contributed by atoms with Crippen LogP contribution in [0.25, 0.3) is 0 Å². The number of benzene rings is 1. The molecule has 1 aromatic carbocycles. The minimum Gasteiger partial charge on any atom is -0.493 e. The van der Waals surface area contributed by atoms with E-state index in [-0.39, 0.29) is 5.91 Å². The Bertz CT molecular complexity index is 471. The Labute approximate surface area is 126 Å². The number of hydrogen-bond acceptors (Lipinski definition) is 4. The van der Waals surface area contributed by atoms with E-state index in [1.807, 2.05) is 18.2 Å². The van der Waals surface area contributed by atoms with Gasteiger partial charge in [0.15, 0.2) is 11.5 Å². The standard InChI is InChI=1S/C16H24N2O3/c1-20-14-4-3-13(9-15(14)21-2)10-16(19)18-8-6-12-5-7-17-11-12/h3-4,9,12,17H,5-8,10-11H2,1-2H3,(H,18,19). The molecule has 1 aliphatic rings. The third kappa shape index (κ3) is 4.63. The van der Waals surface area contributed by atoms with Crippen LogP contribution in [0.15, 0.2) is 18.2 Å². The summed E-state index contributed by atoms with van der Waals surface area (Å²) in [6.45, 7) is 2.92. The predicted octanol–water partition coefficient (Wildman–Crippen LogP) is 1.36. The van der Waals surface area contributed by atoms with Crippen LogP contribution in [0.2, 0.25) is 0 Å². The lowest BCUT2D eigenvalue weighted by Gasteiger charge is -2.11. The van der Waals surface area contributed by atoms with Gasteiger partial charge >= 0.3 is 0 Å². The van der Waals surface area contributed by atoms with Crippen LogP contribution >= 0.6 is 0 Å². The molecule has 0 radical (unpaired) electrons. The van der Waals surface area contributed by atoms with Crippen molar-refractivity contribution in [2.75, 3.05) is 33.9 Å². The molecule has 1 aromatic rings. The molecular formula is C16H24N2O3. The van der Waals surface area contributed by atoms with E-state index in [0.717, 1.165) is 31.6 Å². The van der Waals surface area contributed by atoms with Gasteiger partial charge < -0.3 is 20.1 Å². The third-order valence-corrected chi connectivity index (χ3v) is 3.85. The van der Waals surface area contributed by atoms with E-state index in [1.54, 1.807) is 14.2 Å². The summed E-state index contributed by atoms with van der Waals surface area (Å²) in [6, 6.07) is 5.56. The molecule has 0 saturated carbocycles.